The number of carbonyl (C=O) groups excluding carboxylic acids is 1. The SMILES string of the molecule is CSC(CC(=O)N(CC1CC1)c1cn(-c2cccnc2)nc1Cl)C1CC1. The quantitative estimate of drug-likeness (QED) is 0.678. The molecule has 2 aliphatic rings. The Hall–Kier alpha value is -1.53. The molecule has 0 aromatic carbocycles. The lowest BCUT2D eigenvalue weighted by molar-refractivity contribution is -0.118. The number of hydrogen-bond donors (Lipinski definition) is 0. The highest BCUT2D eigenvalue weighted by Crippen LogP contribution is 2.41. The van der Waals surface area contributed by atoms with Gasteiger partial charge in [-0.3, -0.25) is 9.78 Å². The second kappa shape index (κ2) is 7.61. The highest BCUT2D eigenvalue weighted by molar-refractivity contribution is 7.99. The molecule has 0 N–H and O–H groups in total. The third kappa shape index (κ3) is 4.07. The first-order valence-corrected chi connectivity index (χ1v) is 10.8. The lowest BCUT2D eigenvalue weighted by Crippen LogP contribution is -2.35. The van der Waals surface area contributed by atoms with Crippen molar-refractivity contribution in [1.82, 2.24) is 14.8 Å². The van der Waals surface area contributed by atoms with Crippen LogP contribution in [-0.4, -0.2) is 38.7 Å². The van der Waals surface area contributed by atoms with Crippen molar-refractivity contribution in [2.24, 2.45) is 11.8 Å². The Balaban J connectivity index is 1.57. The van der Waals surface area contributed by atoms with Crippen LogP contribution in [0.3, 0.4) is 0 Å². The van der Waals surface area contributed by atoms with E-state index in [2.05, 4.69) is 16.3 Å². The van der Waals surface area contributed by atoms with Gasteiger partial charge in [0.25, 0.3) is 0 Å². The van der Waals surface area contributed by atoms with E-state index >= 15 is 0 Å². The predicted octanol–water partition coefficient (Wildman–Crippen LogP) is 4.20. The van der Waals surface area contributed by atoms with Crippen molar-refractivity contribution < 1.29 is 4.79 Å². The van der Waals surface area contributed by atoms with Crippen LogP contribution in [-0.2, 0) is 4.79 Å². The number of halogens is 1. The van der Waals surface area contributed by atoms with Gasteiger partial charge in [0.15, 0.2) is 5.15 Å². The molecule has 2 aromatic rings. The maximum Gasteiger partial charge on any atom is 0.228 e. The zero-order chi connectivity index (χ0) is 18.1. The Morgan fingerprint density at radius 2 is 2.23 bits per heavy atom. The van der Waals surface area contributed by atoms with Crippen molar-refractivity contribution in [3.05, 3.63) is 35.9 Å². The topological polar surface area (TPSA) is 51.0 Å². The highest BCUT2D eigenvalue weighted by atomic mass is 35.5. The Morgan fingerprint density at radius 1 is 1.42 bits per heavy atom. The average molecular weight is 391 g/mol. The smallest absolute Gasteiger partial charge is 0.228 e. The van der Waals surface area contributed by atoms with E-state index in [4.69, 9.17) is 11.6 Å². The van der Waals surface area contributed by atoms with Gasteiger partial charge in [-0.15, -0.1) is 0 Å². The van der Waals surface area contributed by atoms with E-state index in [0.717, 1.165) is 12.2 Å². The Morgan fingerprint density at radius 3 is 2.85 bits per heavy atom. The molecule has 1 atom stereocenters. The number of nitrogens with zero attached hydrogens (tertiary/aromatic N) is 4. The van der Waals surface area contributed by atoms with Crippen LogP contribution < -0.4 is 4.90 Å². The third-order valence-electron chi connectivity index (χ3n) is 5.12. The summed E-state index contributed by atoms with van der Waals surface area (Å²) >= 11 is 8.24. The van der Waals surface area contributed by atoms with Crippen molar-refractivity contribution in [3.63, 3.8) is 0 Å². The summed E-state index contributed by atoms with van der Waals surface area (Å²) in [7, 11) is 0. The number of rotatable bonds is 8. The second-order valence-electron chi connectivity index (χ2n) is 7.22. The molecule has 0 radical (unpaired) electrons. The molecule has 2 aromatic heterocycles. The van der Waals surface area contributed by atoms with Crippen molar-refractivity contribution >= 4 is 35.0 Å². The van der Waals surface area contributed by atoms with Gasteiger partial charge in [-0.25, -0.2) is 4.68 Å². The summed E-state index contributed by atoms with van der Waals surface area (Å²) in [5.41, 5.74) is 1.54. The number of amides is 1. The molecule has 2 aliphatic carbocycles. The van der Waals surface area contributed by atoms with Crippen LogP contribution in [0.5, 0.6) is 0 Å². The molecule has 1 unspecified atom stereocenters. The second-order valence-corrected chi connectivity index (χ2v) is 8.66. The first-order chi connectivity index (χ1) is 12.7. The lowest BCUT2D eigenvalue weighted by atomic mass is 10.2. The molecular formula is C19H23ClN4OS. The molecule has 0 bridgehead atoms. The number of hydrogen-bond acceptors (Lipinski definition) is 4. The first kappa shape index (κ1) is 17.9. The summed E-state index contributed by atoms with van der Waals surface area (Å²) in [6.07, 6.45) is 12.9. The standard InChI is InChI=1S/C19H23ClN4OS/c1-26-17(14-6-7-14)9-18(25)23(11-13-4-5-13)16-12-24(22-19(16)20)15-3-2-8-21-10-15/h2-3,8,10,12-14,17H,4-7,9,11H2,1H3. The fourth-order valence-corrected chi connectivity index (χ4v) is 4.43. The van der Waals surface area contributed by atoms with E-state index in [1.54, 1.807) is 17.1 Å². The normalized spacial score (nSPS) is 17.9. The van der Waals surface area contributed by atoms with Crippen LogP contribution in [0.2, 0.25) is 5.15 Å². The maximum atomic E-state index is 13.1. The summed E-state index contributed by atoms with van der Waals surface area (Å²) in [6.45, 7) is 0.739. The molecule has 2 fully saturated rings. The minimum absolute atomic E-state index is 0.163. The number of aromatic nitrogens is 3. The summed E-state index contributed by atoms with van der Waals surface area (Å²) in [5.74, 6) is 1.45. The minimum atomic E-state index is 0.163. The van der Waals surface area contributed by atoms with Gasteiger partial charge in [-0.05, 0) is 55.9 Å². The summed E-state index contributed by atoms with van der Waals surface area (Å²) in [4.78, 5) is 19.1. The van der Waals surface area contributed by atoms with Gasteiger partial charge >= 0.3 is 0 Å². The predicted molar refractivity (Wildman–Crippen MR) is 106 cm³/mol. The zero-order valence-electron chi connectivity index (χ0n) is 14.8. The first-order valence-electron chi connectivity index (χ1n) is 9.14. The van der Waals surface area contributed by atoms with Gasteiger partial charge in [0.1, 0.15) is 5.69 Å². The number of carbonyl (C=O) groups is 1. The molecule has 26 heavy (non-hydrogen) atoms. The molecule has 2 heterocycles. The molecule has 7 heteroatoms. The molecule has 0 spiro atoms. The van der Waals surface area contributed by atoms with Crippen LogP contribution in [0.4, 0.5) is 5.69 Å². The van der Waals surface area contributed by atoms with Crippen LogP contribution in [0.1, 0.15) is 32.1 Å². The van der Waals surface area contributed by atoms with Gasteiger partial charge in [0.05, 0.1) is 18.1 Å². The average Bonchev–Trinajstić information content (AvgIpc) is 3.58. The van der Waals surface area contributed by atoms with Crippen molar-refractivity contribution in [3.8, 4) is 5.69 Å². The molecular weight excluding hydrogens is 368 g/mol. The van der Waals surface area contributed by atoms with Gasteiger partial charge in [0.2, 0.25) is 5.91 Å². The van der Waals surface area contributed by atoms with E-state index in [9.17, 15) is 4.79 Å². The largest absolute Gasteiger partial charge is 0.308 e. The van der Waals surface area contributed by atoms with Gasteiger partial charge < -0.3 is 4.90 Å². The maximum absolute atomic E-state index is 13.1. The molecule has 2 saturated carbocycles. The summed E-state index contributed by atoms with van der Waals surface area (Å²) in [6, 6.07) is 3.78. The van der Waals surface area contributed by atoms with Crippen LogP contribution in [0, 0.1) is 11.8 Å². The molecule has 5 nitrogen and oxygen atoms in total. The van der Waals surface area contributed by atoms with Gasteiger partial charge in [-0.1, -0.05) is 11.6 Å². The Kier molecular flexibility index (Phi) is 5.23. The lowest BCUT2D eigenvalue weighted by Gasteiger charge is -2.24. The highest BCUT2D eigenvalue weighted by Gasteiger charge is 2.35. The van der Waals surface area contributed by atoms with E-state index in [1.807, 2.05) is 35.0 Å². The van der Waals surface area contributed by atoms with Crippen LogP contribution in [0.25, 0.3) is 5.69 Å². The molecule has 1 amide bonds. The molecule has 0 aliphatic heterocycles. The fraction of sp³-hybridized carbons (Fsp3) is 0.526. The van der Waals surface area contributed by atoms with Crippen LogP contribution in [0.15, 0.2) is 30.7 Å². The van der Waals surface area contributed by atoms with E-state index in [1.165, 1.54) is 25.7 Å². The third-order valence-corrected chi connectivity index (χ3v) is 6.54. The van der Waals surface area contributed by atoms with Crippen molar-refractivity contribution in [2.75, 3.05) is 17.7 Å². The fourth-order valence-electron chi connectivity index (χ4n) is 3.23. The monoisotopic (exact) mass is 390 g/mol. The van der Waals surface area contributed by atoms with E-state index in [0.29, 0.717) is 34.3 Å². The number of thioether (sulfide) groups is 1. The molecule has 138 valence electrons. The Bertz CT molecular complexity index is 773. The van der Waals surface area contributed by atoms with Crippen molar-refractivity contribution in [1.29, 1.82) is 0 Å². The Labute approximate surface area is 163 Å². The summed E-state index contributed by atoms with van der Waals surface area (Å²) < 4.78 is 1.70. The van der Waals surface area contributed by atoms with Gasteiger partial charge in [0, 0.05) is 24.4 Å². The van der Waals surface area contributed by atoms with Gasteiger partial charge in [-0.2, -0.15) is 16.9 Å². The van der Waals surface area contributed by atoms with E-state index < -0.39 is 0 Å². The molecule has 0 saturated heterocycles. The number of anilines is 1. The van der Waals surface area contributed by atoms with Crippen LogP contribution >= 0.6 is 23.4 Å². The molecule has 4 rings (SSSR count). The van der Waals surface area contributed by atoms with E-state index in [-0.39, 0.29) is 5.91 Å². The minimum Gasteiger partial charge on any atom is -0.308 e. The number of pyridine rings is 1. The summed E-state index contributed by atoms with van der Waals surface area (Å²) in [5, 5.41) is 5.19. The zero-order valence-corrected chi connectivity index (χ0v) is 16.4. The van der Waals surface area contributed by atoms with Crippen molar-refractivity contribution in [2.45, 2.75) is 37.4 Å².